The molecule has 0 saturated carbocycles. The van der Waals surface area contributed by atoms with Crippen LogP contribution in [-0.4, -0.2) is 96.3 Å². The van der Waals surface area contributed by atoms with Crippen LogP contribution in [0.15, 0.2) is 29.4 Å². The van der Waals surface area contributed by atoms with Gasteiger partial charge in [0.15, 0.2) is 11.6 Å². The highest BCUT2D eigenvalue weighted by molar-refractivity contribution is 7.90. The molecule has 0 radical (unpaired) electrons. The Kier molecular flexibility index (Phi) is 10.8. The van der Waals surface area contributed by atoms with E-state index in [0.29, 0.717) is 18.4 Å². The first-order chi connectivity index (χ1) is 28.0. The van der Waals surface area contributed by atoms with Crippen molar-refractivity contribution in [2.75, 3.05) is 23.0 Å². The van der Waals surface area contributed by atoms with Crippen LogP contribution in [0.25, 0.3) is 32.9 Å². The molecule has 60 heavy (non-hydrogen) atoms. The van der Waals surface area contributed by atoms with E-state index in [1.165, 1.54) is 17.0 Å². The summed E-state index contributed by atoms with van der Waals surface area (Å²) in [7, 11) is -6.49. The van der Waals surface area contributed by atoms with Gasteiger partial charge in [-0.2, -0.15) is 0 Å². The fourth-order valence-corrected chi connectivity index (χ4v) is 15.6. The van der Waals surface area contributed by atoms with E-state index in [9.17, 15) is 23.1 Å². The van der Waals surface area contributed by atoms with Crippen LogP contribution < -0.4 is 15.0 Å². The predicted molar refractivity (Wildman–Crippen MR) is 229 cm³/mol. The molecule has 4 aromatic rings. The third-order valence-corrected chi connectivity index (χ3v) is 19.4. The van der Waals surface area contributed by atoms with Gasteiger partial charge >= 0.3 is 12.2 Å². The number of benzene rings is 2. The van der Waals surface area contributed by atoms with Crippen LogP contribution in [0, 0.1) is 23.1 Å². The van der Waals surface area contributed by atoms with Gasteiger partial charge in [-0.3, -0.25) is 10.2 Å². The number of ether oxygens (including phenoxy) is 2. The summed E-state index contributed by atoms with van der Waals surface area (Å²) in [5, 5.41) is 12.3. The molecule has 3 aliphatic heterocycles. The number of hydrogen-bond acceptors (Lipinski definition) is 10. The summed E-state index contributed by atoms with van der Waals surface area (Å²) in [6.45, 7) is 19.9. The average Bonchev–Trinajstić information content (AvgIpc) is 3.39. The van der Waals surface area contributed by atoms with Crippen molar-refractivity contribution in [1.29, 1.82) is 0 Å². The molecule has 2 fully saturated rings. The number of pyridine rings is 1. The number of carboxylic acid groups (broad SMARTS) is 1. The van der Waals surface area contributed by atoms with E-state index >= 15 is 8.78 Å². The van der Waals surface area contributed by atoms with Crippen molar-refractivity contribution in [3.63, 3.8) is 0 Å². The zero-order chi connectivity index (χ0) is 44.0. The monoisotopic (exact) mass is 862 g/mol. The second-order valence-corrected chi connectivity index (χ2v) is 25.6. The first kappa shape index (κ1) is 43.0. The lowest BCUT2D eigenvalue weighted by atomic mass is 9.95. The zero-order valence-electron chi connectivity index (χ0n) is 35.8. The Labute approximate surface area is 350 Å². The van der Waals surface area contributed by atoms with Crippen LogP contribution in [0.3, 0.4) is 0 Å². The Bertz CT molecular complexity index is 2600. The van der Waals surface area contributed by atoms with Crippen LogP contribution in [0.5, 0.6) is 5.88 Å². The highest BCUT2D eigenvalue weighted by Gasteiger charge is 2.53. The minimum atomic E-state index is -4.14. The summed E-state index contributed by atoms with van der Waals surface area (Å²) < 4.78 is 73.0. The fraction of sp³-hybridized carbons (Fsp3) is 0.512. The number of aromatic nitrogens is 3. The average molecular weight is 863 g/mol. The molecule has 7 rings (SSSR count). The SMILES string of the molecule is CC1Oc2nc(-c3cc(NC(=O)OC(C)(C)C)c(F)c4cccc(C#C[Si](C(C)C)(C(C)C)C(C)C)c34)c(F)c3nc(S(C)(=O)=O)nc(c23)N2CC3CCC(C12)N3C(=O)O. The summed E-state index contributed by atoms with van der Waals surface area (Å²) in [6, 6.07) is 4.54. The van der Waals surface area contributed by atoms with Crippen molar-refractivity contribution in [3.8, 4) is 28.6 Å². The van der Waals surface area contributed by atoms with Crippen LogP contribution in [-0.2, 0) is 14.6 Å². The molecule has 2 N–H and O–H groups in total. The van der Waals surface area contributed by atoms with Gasteiger partial charge in [0.05, 0.1) is 23.8 Å². The molecule has 2 amide bonds. The Morgan fingerprint density at radius 3 is 2.28 bits per heavy atom. The number of carbonyl (C=O) groups is 2. The lowest BCUT2D eigenvalue weighted by molar-refractivity contribution is 0.0633. The van der Waals surface area contributed by atoms with E-state index in [2.05, 4.69) is 68.3 Å². The van der Waals surface area contributed by atoms with E-state index < -0.39 is 82.2 Å². The number of piperazine rings is 1. The van der Waals surface area contributed by atoms with Gasteiger partial charge in [-0.25, -0.2) is 41.7 Å². The molecule has 0 spiro atoms. The highest BCUT2D eigenvalue weighted by atomic mass is 32.2. The number of sulfone groups is 1. The third kappa shape index (κ3) is 7.18. The van der Waals surface area contributed by atoms with Gasteiger partial charge < -0.3 is 19.5 Å². The van der Waals surface area contributed by atoms with Crippen molar-refractivity contribution in [2.24, 2.45) is 0 Å². The fourth-order valence-electron chi connectivity index (χ4n) is 9.92. The van der Waals surface area contributed by atoms with Crippen molar-refractivity contribution < 1.29 is 41.4 Å². The molecular formula is C43H52F2N6O7SSi. The lowest BCUT2D eigenvalue weighted by Crippen LogP contribution is -2.64. The minimum Gasteiger partial charge on any atom is -0.472 e. The van der Waals surface area contributed by atoms with Gasteiger partial charge in [-0.1, -0.05) is 59.6 Å². The smallest absolute Gasteiger partial charge is 0.412 e. The summed E-state index contributed by atoms with van der Waals surface area (Å²) in [5.41, 5.74) is 2.90. The number of halogens is 2. The molecule has 3 aliphatic rings. The number of fused-ring (bicyclic) bond motifs is 6. The highest BCUT2D eigenvalue weighted by Crippen LogP contribution is 2.48. The summed E-state index contributed by atoms with van der Waals surface area (Å²) >= 11 is 0. The molecule has 17 heteroatoms. The Balaban J connectivity index is 1.56. The molecule has 4 unspecified atom stereocenters. The van der Waals surface area contributed by atoms with Crippen LogP contribution in [0.4, 0.5) is 29.9 Å². The second-order valence-electron chi connectivity index (χ2n) is 18.1. The topological polar surface area (TPSA) is 164 Å². The lowest BCUT2D eigenvalue weighted by Gasteiger charge is -2.47. The molecular weight excluding hydrogens is 811 g/mol. The van der Waals surface area contributed by atoms with Crippen LogP contribution >= 0.6 is 0 Å². The van der Waals surface area contributed by atoms with Gasteiger partial charge in [0.25, 0.3) is 0 Å². The minimum absolute atomic E-state index is 0.0137. The van der Waals surface area contributed by atoms with E-state index in [0.717, 1.165) is 6.26 Å². The molecule has 2 bridgehead atoms. The quantitative estimate of drug-likeness (QED) is 0.108. The van der Waals surface area contributed by atoms with E-state index in [1.807, 2.05) is 0 Å². The van der Waals surface area contributed by atoms with E-state index in [1.54, 1.807) is 44.7 Å². The first-order valence-electron chi connectivity index (χ1n) is 20.3. The number of amides is 2. The Morgan fingerprint density at radius 1 is 1.02 bits per heavy atom. The first-order valence-corrected chi connectivity index (χ1v) is 24.4. The maximum Gasteiger partial charge on any atom is 0.412 e. The molecule has 0 aliphatic carbocycles. The molecule has 2 saturated heterocycles. The van der Waals surface area contributed by atoms with Crippen molar-refractivity contribution in [2.45, 2.75) is 134 Å². The normalized spacial score (nSPS) is 20.3. The number of rotatable bonds is 6. The maximum absolute atomic E-state index is 17.8. The predicted octanol–water partition coefficient (Wildman–Crippen LogP) is 8.92. The summed E-state index contributed by atoms with van der Waals surface area (Å²) in [4.78, 5) is 42.4. The number of carbonyl (C=O) groups excluding carboxylic acids is 1. The summed E-state index contributed by atoms with van der Waals surface area (Å²) in [5.74, 6) is 1.49. The third-order valence-electron chi connectivity index (χ3n) is 12.3. The number of hydrogen-bond donors (Lipinski definition) is 2. The van der Waals surface area contributed by atoms with Crippen molar-refractivity contribution in [1.82, 2.24) is 19.9 Å². The molecule has 2 aromatic heterocycles. The van der Waals surface area contributed by atoms with Gasteiger partial charge in [0.1, 0.15) is 42.2 Å². The van der Waals surface area contributed by atoms with Crippen molar-refractivity contribution >= 4 is 63.3 Å². The Hall–Kier alpha value is -5.08. The number of nitrogens with zero attached hydrogens (tertiary/aromatic N) is 5. The van der Waals surface area contributed by atoms with Gasteiger partial charge in [0.2, 0.25) is 20.9 Å². The van der Waals surface area contributed by atoms with Gasteiger partial charge in [-0.15, -0.1) is 5.54 Å². The van der Waals surface area contributed by atoms with Gasteiger partial charge in [-0.05, 0) is 69.3 Å². The van der Waals surface area contributed by atoms with E-state index in [-0.39, 0.29) is 68.0 Å². The molecule has 320 valence electrons. The molecule has 2 aromatic carbocycles. The van der Waals surface area contributed by atoms with Crippen molar-refractivity contribution in [3.05, 3.63) is 41.5 Å². The largest absolute Gasteiger partial charge is 0.472 e. The summed E-state index contributed by atoms with van der Waals surface area (Å²) in [6.07, 6.45) is -0.770. The van der Waals surface area contributed by atoms with Gasteiger partial charge in [0, 0.05) is 34.7 Å². The second kappa shape index (κ2) is 15.1. The van der Waals surface area contributed by atoms with E-state index in [4.69, 9.17) is 14.5 Å². The number of nitrogens with one attached hydrogen (secondary N) is 1. The number of anilines is 2. The maximum atomic E-state index is 17.8. The molecule has 5 heterocycles. The molecule has 13 nitrogen and oxygen atoms in total. The Morgan fingerprint density at radius 2 is 1.68 bits per heavy atom. The zero-order valence-corrected chi connectivity index (χ0v) is 37.6. The van der Waals surface area contributed by atoms with Crippen LogP contribution in [0.1, 0.15) is 87.6 Å². The molecule has 4 atom stereocenters. The standard InChI is InChI=1S/C43H52F2N6O7SSi/c1-21(2)60(22(3)4,23(5)6)18-17-25-13-12-14-27-31(25)28(19-29(33(27)44)46-41(52)58-43(8,9)10)35-34(45)36-32-38(49-40(48-36)59(11,55)56)50-20-26-15-16-30(51(26)42(53)54)37(50)24(7)57-39(32)47-35/h12-14,19,21-24,26,30,37H,15-16,20H2,1-11H3,(H,46,52)(H,53,54). The van der Waals surface area contributed by atoms with Crippen LogP contribution in [0.2, 0.25) is 16.6 Å².